The molecule has 0 bridgehead atoms. The van der Waals surface area contributed by atoms with E-state index < -0.39 is 0 Å². The van der Waals surface area contributed by atoms with Crippen LogP contribution in [0.1, 0.15) is 18.9 Å². The summed E-state index contributed by atoms with van der Waals surface area (Å²) in [5, 5.41) is 3.40. The highest BCUT2D eigenvalue weighted by Gasteiger charge is 2.25. The summed E-state index contributed by atoms with van der Waals surface area (Å²) in [5.74, 6) is 2.06. The maximum Gasteiger partial charge on any atom is 0.218 e. The van der Waals surface area contributed by atoms with Gasteiger partial charge in [0.2, 0.25) is 5.88 Å². The van der Waals surface area contributed by atoms with Crippen molar-refractivity contribution in [2.75, 3.05) is 66.9 Å². The Labute approximate surface area is 168 Å². The number of aromatic nitrogens is 1. The van der Waals surface area contributed by atoms with Crippen molar-refractivity contribution in [3.8, 4) is 5.88 Å². The molecule has 8 nitrogen and oxygen atoms in total. The molecule has 1 aliphatic heterocycles. The number of hydrogen-bond acceptors (Lipinski definition) is 6. The van der Waals surface area contributed by atoms with Crippen LogP contribution in [-0.2, 0) is 20.8 Å². The van der Waals surface area contributed by atoms with E-state index in [1.807, 2.05) is 12.1 Å². The molecule has 1 atom stereocenters. The van der Waals surface area contributed by atoms with Gasteiger partial charge in [-0.1, -0.05) is 6.07 Å². The fourth-order valence-electron chi connectivity index (χ4n) is 3.04. The molecule has 0 amide bonds. The average Bonchev–Trinajstić information content (AvgIpc) is 3.18. The Bertz CT molecular complexity index is 585. The maximum absolute atomic E-state index is 5.71. The van der Waals surface area contributed by atoms with Gasteiger partial charge in [0.1, 0.15) is 6.61 Å². The zero-order valence-electron chi connectivity index (χ0n) is 17.4. The third kappa shape index (κ3) is 7.61. The number of likely N-dealkylation sites (tertiary alicyclic amines) is 1. The molecule has 1 aliphatic rings. The summed E-state index contributed by atoms with van der Waals surface area (Å²) in [7, 11) is 3.34. The number of guanidine groups is 1. The number of ether oxygens (including phenoxy) is 4. The van der Waals surface area contributed by atoms with E-state index in [1.165, 1.54) is 0 Å². The number of nitrogens with one attached hydrogen (secondary N) is 1. The van der Waals surface area contributed by atoms with Gasteiger partial charge in [-0.05, 0) is 19.4 Å². The molecule has 1 N–H and O–H groups in total. The molecule has 0 aromatic carbocycles. The van der Waals surface area contributed by atoms with Gasteiger partial charge in [-0.3, -0.25) is 0 Å². The lowest BCUT2D eigenvalue weighted by molar-refractivity contribution is 0.0536. The Morgan fingerprint density at radius 2 is 2.07 bits per heavy atom. The van der Waals surface area contributed by atoms with Gasteiger partial charge >= 0.3 is 0 Å². The van der Waals surface area contributed by atoms with Crippen molar-refractivity contribution in [2.24, 2.45) is 10.9 Å². The van der Waals surface area contributed by atoms with Gasteiger partial charge in [-0.2, -0.15) is 0 Å². The van der Waals surface area contributed by atoms with Crippen molar-refractivity contribution in [3.05, 3.63) is 23.9 Å². The molecule has 0 spiro atoms. The number of hydrogen-bond donors (Lipinski definition) is 1. The van der Waals surface area contributed by atoms with Crippen LogP contribution in [0.15, 0.2) is 23.3 Å². The lowest BCUT2D eigenvalue weighted by Gasteiger charge is -2.22. The summed E-state index contributed by atoms with van der Waals surface area (Å²) in [6.45, 7) is 8.41. The van der Waals surface area contributed by atoms with Crippen LogP contribution in [0.5, 0.6) is 5.88 Å². The molecule has 1 fully saturated rings. The van der Waals surface area contributed by atoms with Crippen molar-refractivity contribution in [1.82, 2.24) is 15.2 Å². The number of aliphatic imine (C=N–C) groups is 1. The lowest BCUT2D eigenvalue weighted by Crippen LogP contribution is -2.40. The number of methoxy groups -OCH3 is 2. The van der Waals surface area contributed by atoms with Crippen LogP contribution in [0.2, 0.25) is 0 Å². The van der Waals surface area contributed by atoms with Crippen molar-refractivity contribution in [2.45, 2.75) is 19.9 Å². The summed E-state index contributed by atoms with van der Waals surface area (Å²) >= 11 is 0. The maximum atomic E-state index is 5.71. The van der Waals surface area contributed by atoms with E-state index in [9.17, 15) is 0 Å². The Morgan fingerprint density at radius 1 is 1.25 bits per heavy atom. The molecule has 1 unspecified atom stereocenters. The molecule has 0 radical (unpaired) electrons. The highest BCUT2D eigenvalue weighted by molar-refractivity contribution is 5.80. The lowest BCUT2D eigenvalue weighted by atomic mass is 10.1. The Kier molecular flexibility index (Phi) is 10.6. The molecule has 28 heavy (non-hydrogen) atoms. The first-order valence-electron chi connectivity index (χ1n) is 9.94. The van der Waals surface area contributed by atoms with Gasteiger partial charge in [0.15, 0.2) is 5.96 Å². The summed E-state index contributed by atoms with van der Waals surface area (Å²) in [6, 6.07) is 3.91. The predicted octanol–water partition coefficient (Wildman–Crippen LogP) is 1.56. The predicted molar refractivity (Wildman–Crippen MR) is 109 cm³/mol. The second-order valence-corrected chi connectivity index (χ2v) is 6.65. The van der Waals surface area contributed by atoms with Crippen LogP contribution in [0.3, 0.4) is 0 Å². The molecule has 0 saturated carbocycles. The molecule has 0 aliphatic carbocycles. The third-order valence-corrected chi connectivity index (χ3v) is 4.48. The topological polar surface area (TPSA) is 77.4 Å². The van der Waals surface area contributed by atoms with E-state index in [1.54, 1.807) is 20.4 Å². The summed E-state index contributed by atoms with van der Waals surface area (Å²) in [4.78, 5) is 11.4. The monoisotopic (exact) mass is 394 g/mol. The molecular weight excluding hydrogens is 360 g/mol. The molecule has 1 aromatic heterocycles. The SMILES string of the molecule is CCNC(=NCc1cccnc1OCCOC)N1CCC(COCCOC)C1. The van der Waals surface area contributed by atoms with E-state index in [-0.39, 0.29) is 0 Å². The smallest absolute Gasteiger partial charge is 0.218 e. The Hall–Kier alpha value is -1.90. The fourth-order valence-corrected chi connectivity index (χ4v) is 3.04. The highest BCUT2D eigenvalue weighted by Crippen LogP contribution is 2.19. The fraction of sp³-hybridized carbons (Fsp3) is 0.700. The minimum Gasteiger partial charge on any atom is -0.475 e. The van der Waals surface area contributed by atoms with Gasteiger partial charge in [0.25, 0.3) is 0 Å². The van der Waals surface area contributed by atoms with E-state index in [4.69, 9.17) is 23.9 Å². The number of pyridine rings is 1. The highest BCUT2D eigenvalue weighted by atomic mass is 16.5. The van der Waals surface area contributed by atoms with Gasteiger partial charge in [-0.25, -0.2) is 9.98 Å². The second-order valence-electron chi connectivity index (χ2n) is 6.65. The van der Waals surface area contributed by atoms with Crippen molar-refractivity contribution in [1.29, 1.82) is 0 Å². The summed E-state index contributed by atoms with van der Waals surface area (Å²) in [5.41, 5.74) is 0.965. The van der Waals surface area contributed by atoms with Gasteiger partial charge in [0.05, 0.1) is 33.0 Å². The van der Waals surface area contributed by atoms with E-state index in [2.05, 4.69) is 22.1 Å². The van der Waals surface area contributed by atoms with Crippen LogP contribution >= 0.6 is 0 Å². The third-order valence-electron chi connectivity index (χ3n) is 4.48. The molecular formula is C20H34N4O4. The van der Waals surface area contributed by atoms with Crippen LogP contribution in [0, 0.1) is 5.92 Å². The van der Waals surface area contributed by atoms with Crippen LogP contribution in [0.4, 0.5) is 0 Å². The molecule has 158 valence electrons. The molecule has 1 saturated heterocycles. The van der Waals surface area contributed by atoms with Crippen LogP contribution < -0.4 is 10.1 Å². The molecule has 2 heterocycles. The minimum absolute atomic E-state index is 0.473. The average molecular weight is 395 g/mol. The standard InChI is InChI=1S/C20H34N4O4/c1-4-21-20(24-9-7-17(15-24)16-27-12-10-25-2)23-14-18-6-5-8-22-19(18)28-13-11-26-3/h5-6,8,17H,4,7,9-16H2,1-3H3,(H,21,23). The first-order valence-corrected chi connectivity index (χ1v) is 9.94. The quantitative estimate of drug-likeness (QED) is 0.327. The summed E-state index contributed by atoms with van der Waals surface area (Å²) in [6.07, 6.45) is 2.84. The normalized spacial score (nSPS) is 17.2. The van der Waals surface area contributed by atoms with Crippen molar-refractivity contribution < 1.29 is 18.9 Å². The summed E-state index contributed by atoms with van der Waals surface area (Å²) < 4.78 is 21.5. The largest absolute Gasteiger partial charge is 0.475 e. The van der Waals surface area contributed by atoms with Crippen molar-refractivity contribution in [3.63, 3.8) is 0 Å². The van der Waals surface area contributed by atoms with E-state index in [0.29, 0.717) is 44.8 Å². The van der Waals surface area contributed by atoms with Gasteiger partial charge < -0.3 is 29.2 Å². The first kappa shape index (κ1) is 22.4. The zero-order chi connectivity index (χ0) is 20.0. The number of rotatable bonds is 12. The van der Waals surface area contributed by atoms with Gasteiger partial charge in [-0.15, -0.1) is 0 Å². The first-order chi connectivity index (χ1) is 13.8. The zero-order valence-corrected chi connectivity index (χ0v) is 17.4. The van der Waals surface area contributed by atoms with E-state index >= 15 is 0 Å². The van der Waals surface area contributed by atoms with Crippen LogP contribution in [0.25, 0.3) is 0 Å². The van der Waals surface area contributed by atoms with Crippen molar-refractivity contribution >= 4 is 5.96 Å². The minimum atomic E-state index is 0.473. The second kappa shape index (κ2) is 13.3. The van der Waals surface area contributed by atoms with E-state index in [0.717, 1.165) is 44.2 Å². The molecule has 8 heteroatoms. The Balaban J connectivity index is 1.92. The Morgan fingerprint density at radius 3 is 2.86 bits per heavy atom. The van der Waals surface area contributed by atoms with Gasteiger partial charge in [0, 0.05) is 51.5 Å². The molecule has 1 aromatic rings. The van der Waals surface area contributed by atoms with Crippen LogP contribution in [-0.4, -0.2) is 82.7 Å². The molecule has 2 rings (SSSR count). The number of nitrogens with zero attached hydrogens (tertiary/aromatic N) is 3.